The van der Waals surface area contributed by atoms with Crippen molar-refractivity contribution in [3.8, 4) is 5.75 Å². The van der Waals surface area contributed by atoms with E-state index in [0.717, 1.165) is 11.3 Å². The van der Waals surface area contributed by atoms with Crippen molar-refractivity contribution >= 4 is 6.03 Å². The molecule has 0 bridgehead atoms. The van der Waals surface area contributed by atoms with E-state index in [1.54, 1.807) is 12.1 Å². The molecule has 2 rings (SSSR count). The molecule has 0 saturated carbocycles. The van der Waals surface area contributed by atoms with E-state index in [1.807, 2.05) is 18.2 Å². The molecule has 2 aromatic carbocycles. The van der Waals surface area contributed by atoms with Gasteiger partial charge in [0.1, 0.15) is 18.2 Å². The van der Waals surface area contributed by atoms with E-state index in [1.165, 1.54) is 17.7 Å². The Morgan fingerprint density at radius 3 is 2.48 bits per heavy atom. The molecule has 25 heavy (non-hydrogen) atoms. The zero-order valence-electron chi connectivity index (χ0n) is 14.9. The molecule has 0 unspecified atom stereocenters. The lowest BCUT2D eigenvalue weighted by Gasteiger charge is -2.19. The fraction of sp³-hybridized carbons (Fsp3) is 0.350. The van der Waals surface area contributed by atoms with Gasteiger partial charge in [-0.15, -0.1) is 0 Å². The number of nitrogens with one attached hydrogen (secondary N) is 2. The second-order valence-electron chi connectivity index (χ2n) is 6.86. The molecule has 0 radical (unpaired) electrons. The van der Waals surface area contributed by atoms with Crippen LogP contribution in [0.4, 0.5) is 9.18 Å². The maximum atomic E-state index is 12.8. The topological polar surface area (TPSA) is 50.4 Å². The smallest absolute Gasteiger partial charge is 0.315 e. The first kappa shape index (κ1) is 18.8. The Morgan fingerprint density at radius 2 is 1.80 bits per heavy atom. The first-order valence-electron chi connectivity index (χ1n) is 8.34. The molecule has 2 N–H and O–H groups in total. The lowest BCUT2D eigenvalue weighted by atomic mass is 9.87. The van der Waals surface area contributed by atoms with E-state index in [2.05, 4.69) is 37.5 Å². The molecule has 5 heteroatoms. The van der Waals surface area contributed by atoms with Crippen LogP contribution in [0.2, 0.25) is 0 Å². The van der Waals surface area contributed by atoms with Gasteiger partial charge in [-0.1, -0.05) is 45.0 Å². The third kappa shape index (κ3) is 6.45. The minimum Gasteiger partial charge on any atom is -0.492 e. The summed E-state index contributed by atoms with van der Waals surface area (Å²) in [5.41, 5.74) is 2.11. The van der Waals surface area contributed by atoms with E-state index in [-0.39, 0.29) is 17.3 Å². The number of hydrogen-bond acceptors (Lipinski definition) is 2. The van der Waals surface area contributed by atoms with Crippen LogP contribution in [0, 0.1) is 5.82 Å². The van der Waals surface area contributed by atoms with Crippen LogP contribution in [-0.4, -0.2) is 19.2 Å². The molecule has 0 aliphatic heterocycles. The van der Waals surface area contributed by atoms with E-state index < -0.39 is 0 Å². The highest BCUT2D eigenvalue weighted by Gasteiger charge is 2.13. The minimum absolute atomic E-state index is 0.0673. The second kappa shape index (κ2) is 8.51. The molecule has 2 aromatic rings. The average Bonchev–Trinajstić information content (AvgIpc) is 2.58. The number of carbonyl (C=O) groups excluding carboxylic acids is 1. The Kier molecular flexibility index (Phi) is 6.39. The van der Waals surface area contributed by atoms with Crippen molar-refractivity contribution in [2.24, 2.45) is 0 Å². The fourth-order valence-corrected chi connectivity index (χ4v) is 2.23. The fourth-order valence-electron chi connectivity index (χ4n) is 2.23. The monoisotopic (exact) mass is 344 g/mol. The third-order valence-corrected chi connectivity index (χ3v) is 3.72. The van der Waals surface area contributed by atoms with Crippen LogP contribution in [0.3, 0.4) is 0 Å². The molecular weight excluding hydrogens is 319 g/mol. The maximum absolute atomic E-state index is 12.8. The largest absolute Gasteiger partial charge is 0.492 e. The first-order valence-corrected chi connectivity index (χ1v) is 8.34. The zero-order chi connectivity index (χ0) is 18.3. The lowest BCUT2D eigenvalue weighted by molar-refractivity contribution is 0.236. The van der Waals surface area contributed by atoms with Crippen LogP contribution in [0.5, 0.6) is 5.75 Å². The lowest BCUT2D eigenvalue weighted by Crippen LogP contribution is -2.37. The summed E-state index contributed by atoms with van der Waals surface area (Å²) in [6.07, 6.45) is 0. The predicted molar refractivity (Wildman–Crippen MR) is 97.3 cm³/mol. The molecular formula is C20H25FN2O2. The Labute approximate surface area is 148 Å². The number of benzene rings is 2. The van der Waals surface area contributed by atoms with Crippen molar-refractivity contribution in [3.05, 3.63) is 65.5 Å². The number of ether oxygens (including phenoxy) is 1. The molecule has 0 aliphatic carbocycles. The van der Waals surface area contributed by atoms with Crippen LogP contribution in [0.25, 0.3) is 0 Å². The first-order chi connectivity index (χ1) is 11.8. The third-order valence-electron chi connectivity index (χ3n) is 3.72. The zero-order valence-corrected chi connectivity index (χ0v) is 14.9. The summed E-state index contributed by atoms with van der Waals surface area (Å²) in [5, 5.41) is 5.45. The summed E-state index contributed by atoms with van der Waals surface area (Å²) in [6, 6.07) is 13.7. The van der Waals surface area contributed by atoms with E-state index in [4.69, 9.17) is 4.74 Å². The summed E-state index contributed by atoms with van der Waals surface area (Å²) in [7, 11) is 0. The standard InChI is InChI=1S/C20H25FN2O2/c1-20(2,3)16-5-4-6-18(13-16)25-12-11-22-19(24)23-14-15-7-9-17(21)10-8-15/h4-10,13H,11-12,14H2,1-3H3,(H2,22,23,24). The van der Waals surface area contributed by atoms with Crippen molar-refractivity contribution in [1.29, 1.82) is 0 Å². The van der Waals surface area contributed by atoms with Gasteiger partial charge >= 0.3 is 6.03 Å². The number of rotatable bonds is 6. The molecule has 0 aromatic heterocycles. The number of halogens is 1. The molecule has 0 saturated heterocycles. The Bertz CT molecular complexity index is 694. The normalized spacial score (nSPS) is 11.0. The van der Waals surface area contributed by atoms with Gasteiger partial charge in [-0.25, -0.2) is 9.18 Å². The highest BCUT2D eigenvalue weighted by Crippen LogP contribution is 2.25. The Balaban J connectivity index is 1.68. The van der Waals surface area contributed by atoms with Crippen LogP contribution < -0.4 is 15.4 Å². The van der Waals surface area contributed by atoms with Gasteiger partial charge in [0.15, 0.2) is 0 Å². The quantitative estimate of drug-likeness (QED) is 0.778. The molecule has 0 fully saturated rings. The van der Waals surface area contributed by atoms with Crippen molar-refractivity contribution in [3.63, 3.8) is 0 Å². The van der Waals surface area contributed by atoms with E-state index in [9.17, 15) is 9.18 Å². The van der Waals surface area contributed by atoms with Crippen LogP contribution in [0.15, 0.2) is 48.5 Å². The molecule has 2 amide bonds. The van der Waals surface area contributed by atoms with Gasteiger partial charge < -0.3 is 15.4 Å². The molecule has 0 aliphatic rings. The van der Waals surface area contributed by atoms with E-state index >= 15 is 0 Å². The molecule has 0 atom stereocenters. The van der Waals surface area contributed by atoms with Gasteiger partial charge in [0.2, 0.25) is 0 Å². The van der Waals surface area contributed by atoms with Crippen molar-refractivity contribution in [1.82, 2.24) is 10.6 Å². The van der Waals surface area contributed by atoms with Gasteiger partial charge in [0.25, 0.3) is 0 Å². The molecule has 0 spiro atoms. The van der Waals surface area contributed by atoms with Gasteiger partial charge in [0.05, 0.1) is 6.54 Å². The Hall–Kier alpha value is -2.56. The van der Waals surface area contributed by atoms with Gasteiger partial charge in [-0.05, 0) is 40.8 Å². The molecule has 134 valence electrons. The Morgan fingerprint density at radius 1 is 1.08 bits per heavy atom. The number of amides is 2. The SMILES string of the molecule is CC(C)(C)c1cccc(OCCNC(=O)NCc2ccc(F)cc2)c1. The predicted octanol–water partition coefficient (Wildman–Crippen LogP) is 4.00. The number of hydrogen-bond donors (Lipinski definition) is 2. The summed E-state index contributed by atoms with van der Waals surface area (Å²) in [4.78, 5) is 11.7. The molecule has 0 heterocycles. The average molecular weight is 344 g/mol. The van der Waals surface area contributed by atoms with Crippen LogP contribution >= 0.6 is 0 Å². The van der Waals surface area contributed by atoms with Gasteiger partial charge in [-0.2, -0.15) is 0 Å². The number of carbonyl (C=O) groups is 1. The summed E-state index contributed by atoms with van der Waals surface area (Å²) in [5.74, 6) is 0.502. The number of urea groups is 1. The minimum atomic E-state index is -0.291. The second-order valence-corrected chi connectivity index (χ2v) is 6.86. The van der Waals surface area contributed by atoms with E-state index in [0.29, 0.717) is 19.7 Å². The summed E-state index contributed by atoms with van der Waals surface area (Å²) < 4.78 is 18.5. The van der Waals surface area contributed by atoms with Gasteiger partial charge in [0, 0.05) is 6.54 Å². The van der Waals surface area contributed by atoms with Crippen molar-refractivity contribution < 1.29 is 13.9 Å². The maximum Gasteiger partial charge on any atom is 0.315 e. The summed E-state index contributed by atoms with van der Waals surface area (Å²) >= 11 is 0. The highest BCUT2D eigenvalue weighted by atomic mass is 19.1. The van der Waals surface area contributed by atoms with Crippen molar-refractivity contribution in [2.75, 3.05) is 13.2 Å². The summed E-state index contributed by atoms with van der Waals surface area (Å²) in [6.45, 7) is 7.59. The van der Waals surface area contributed by atoms with Crippen molar-refractivity contribution in [2.45, 2.75) is 32.7 Å². The van der Waals surface area contributed by atoms with Crippen LogP contribution in [0.1, 0.15) is 31.9 Å². The van der Waals surface area contributed by atoms with Crippen LogP contribution in [-0.2, 0) is 12.0 Å². The van der Waals surface area contributed by atoms with Gasteiger partial charge in [-0.3, -0.25) is 0 Å². The molecule has 4 nitrogen and oxygen atoms in total. The highest BCUT2D eigenvalue weighted by molar-refractivity contribution is 5.73.